The molecule has 8 rings (SSSR count). The molecular weight excluding hydrogens is 540 g/mol. The summed E-state index contributed by atoms with van der Waals surface area (Å²) in [4.78, 5) is 9.63. The Morgan fingerprint density at radius 1 is 0.814 bits per heavy atom. The fourth-order valence-electron chi connectivity index (χ4n) is 5.76. The van der Waals surface area contributed by atoms with Gasteiger partial charge in [-0.25, -0.2) is 19.2 Å². The number of hydrogen-bond acceptors (Lipinski definition) is 7. The Morgan fingerprint density at radius 3 is 2.40 bits per heavy atom. The lowest BCUT2D eigenvalue weighted by Crippen LogP contribution is -2.16. The van der Waals surface area contributed by atoms with Crippen LogP contribution in [-0.2, 0) is 6.61 Å². The third-order valence-electron chi connectivity index (χ3n) is 7.80. The largest absolute Gasteiger partial charge is 0.497 e. The van der Waals surface area contributed by atoms with Crippen molar-refractivity contribution in [3.05, 3.63) is 132 Å². The summed E-state index contributed by atoms with van der Waals surface area (Å²) in [7, 11) is 1.66. The van der Waals surface area contributed by atoms with Crippen LogP contribution in [-0.4, -0.2) is 36.5 Å². The first-order chi connectivity index (χ1) is 21.2. The summed E-state index contributed by atoms with van der Waals surface area (Å²) < 4.78 is 21.6. The minimum atomic E-state index is -0.253. The first-order valence-electron chi connectivity index (χ1n) is 14.0. The molecule has 1 aliphatic heterocycles. The molecule has 43 heavy (non-hydrogen) atoms. The quantitative estimate of drug-likeness (QED) is 0.223. The topological polar surface area (TPSA) is 88.6 Å². The van der Waals surface area contributed by atoms with E-state index < -0.39 is 0 Å². The number of rotatable bonds is 6. The Kier molecular flexibility index (Phi) is 5.82. The molecule has 1 unspecified atom stereocenters. The highest BCUT2D eigenvalue weighted by Crippen LogP contribution is 2.49. The molecule has 0 bridgehead atoms. The molecule has 210 valence electrons. The zero-order valence-electron chi connectivity index (χ0n) is 23.5. The third kappa shape index (κ3) is 4.25. The van der Waals surface area contributed by atoms with E-state index in [-0.39, 0.29) is 12.5 Å². The van der Waals surface area contributed by atoms with Crippen LogP contribution < -0.4 is 14.2 Å². The van der Waals surface area contributed by atoms with E-state index in [2.05, 4.69) is 24.3 Å². The van der Waals surface area contributed by atoms with Gasteiger partial charge in [-0.15, -0.1) is 5.10 Å². The minimum Gasteiger partial charge on any atom is -0.497 e. The van der Waals surface area contributed by atoms with Gasteiger partial charge in [0, 0.05) is 0 Å². The van der Waals surface area contributed by atoms with Crippen LogP contribution in [0.25, 0.3) is 22.1 Å². The molecule has 0 amide bonds. The van der Waals surface area contributed by atoms with E-state index in [1.54, 1.807) is 18.0 Å². The van der Waals surface area contributed by atoms with Crippen LogP contribution in [0.4, 0.5) is 0 Å². The van der Waals surface area contributed by atoms with Gasteiger partial charge < -0.3 is 14.2 Å². The van der Waals surface area contributed by atoms with Gasteiger partial charge in [-0.2, -0.15) is 5.10 Å². The van der Waals surface area contributed by atoms with Crippen LogP contribution in [0.3, 0.4) is 0 Å². The molecular formula is C34H26N6O3. The van der Waals surface area contributed by atoms with Crippen LogP contribution in [0.1, 0.15) is 34.1 Å². The third-order valence-corrected chi connectivity index (χ3v) is 7.80. The SMILES string of the molecule is COc1ccc(C2c3c(C)nn(-c4ccccc4)c3Oc3ncn4nc(COc5ccc6ccccc6c5)nc4c32)cc1. The molecule has 9 nitrogen and oxygen atoms in total. The maximum Gasteiger partial charge on any atom is 0.230 e. The van der Waals surface area contributed by atoms with E-state index in [0.29, 0.717) is 23.2 Å². The number of aryl methyl sites for hydroxylation is 1. The van der Waals surface area contributed by atoms with Crippen molar-refractivity contribution in [1.29, 1.82) is 0 Å². The van der Waals surface area contributed by atoms with E-state index in [0.717, 1.165) is 50.3 Å². The molecule has 0 N–H and O–H groups in total. The summed E-state index contributed by atoms with van der Waals surface area (Å²) in [5.74, 6) is 2.92. The molecule has 1 atom stereocenters. The summed E-state index contributed by atoms with van der Waals surface area (Å²) in [5, 5.41) is 11.9. The van der Waals surface area contributed by atoms with E-state index in [1.165, 1.54) is 0 Å². The highest BCUT2D eigenvalue weighted by atomic mass is 16.5. The molecule has 0 fully saturated rings. The van der Waals surface area contributed by atoms with Crippen molar-refractivity contribution < 1.29 is 14.2 Å². The molecule has 0 saturated heterocycles. The smallest absolute Gasteiger partial charge is 0.230 e. The van der Waals surface area contributed by atoms with Crippen LogP contribution in [0.5, 0.6) is 23.3 Å². The van der Waals surface area contributed by atoms with Crippen molar-refractivity contribution >= 4 is 16.4 Å². The summed E-state index contributed by atoms with van der Waals surface area (Å²) in [6.45, 7) is 2.21. The van der Waals surface area contributed by atoms with Crippen molar-refractivity contribution in [3.63, 3.8) is 0 Å². The van der Waals surface area contributed by atoms with E-state index >= 15 is 0 Å². The summed E-state index contributed by atoms with van der Waals surface area (Å²) in [5.41, 5.74) is 5.22. The Balaban J connectivity index is 1.23. The highest BCUT2D eigenvalue weighted by Gasteiger charge is 2.38. The van der Waals surface area contributed by atoms with Crippen molar-refractivity contribution in [2.45, 2.75) is 19.4 Å². The van der Waals surface area contributed by atoms with Gasteiger partial charge in [0.25, 0.3) is 0 Å². The number of nitrogens with zero attached hydrogens (tertiary/aromatic N) is 6. The predicted molar refractivity (Wildman–Crippen MR) is 161 cm³/mol. The zero-order valence-corrected chi connectivity index (χ0v) is 23.5. The normalized spacial score (nSPS) is 13.9. The number of benzene rings is 4. The number of aromatic nitrogens is 6. The molecule has 0 saturated carbocycles. The molecule has 1 aliphatic rings. The van der Waals surface area contributed by atoms with Gasteiger partial charge in [0.05, 0.1) is 35.5 Å². The molecule has 3 aromatic heterocycles. The van der Waals surface area contributed by atoms with Gasteiger partial charge in [0.2, 0.25) is 11.8 Å². The highest BCUT2D eigenvalue weighted by molar-refractivity contribution is 5.83. The monoisotopic (exact) mass is 566 g/mol. The second-order valence-corrected chi connectivity index (χ2v) is 10.4. The summed E-state index contributed by atoms with van der Waals surface area (Å²) in [6.07, 6.45) is 1.63. The molecule has 4 heterocycles. The lowest BCUT2D eigenvalue weighted by molar-refractivity contribution is 0.296. The van der Waals surface area contributed by atoms with Crippen LogP contribution in [0, 0.1) is 6.92 Å². The zero-order chi connectivity index (χ0) is 28.9. The van der Waals surface area contributed by atoms with Crippen LogP contribution in [0.2, 0.25) is 0 Å². The number of para-hydroxylation sites is 1. The maximum atomic E-state index is 6.52. The molecule has 4 aromatic carbocycles. The first-order valence-corrected chi connectivity index (χ1v) is 14.0. The van der Waals surface area contributed by atoms with E-state index in [9.17, 15) is 0 Å². The molecule has 0 spiro atoms. The number of ether oxygens (including phenoxy) is 3. The molecule has 9 heteroatoms. The van der Waals surface area contributed by atoms with Gasteiger partial charge in [-0.1, -0.05) is 60.7 Å². The molecule has 0 aliphatic carbocycles. The average Bonchev–Trinajstić information content (AvgIpc) is 3.63. The molecule has 0 radical (unpaired) electrons. The van der Waals surface area contributed by atoms with Crippen LogP contribution >= 0.6 is 0 Å². The first kappa shape index (κ1) is 25.0. The Morgan fingerprint density at radius 2 is 1.58 bits per heavy atom. The van der Waals surface area contributed by atoms with Gasteiger partial charge >= 0.3 is 0 Å². The van der Waals surface area contributed by atoms with Gasteiger partial charge in [-0.3, -0.25) is 0 Å². The number of fused-ring (bicyclic) bond motifs is 5. The lowest BCUT2D eigenvalue weighted by Gasteiger charge is -2.26. The number of methoxy groups -OCH3 is 1. The van der Waals surface area contributed by atoms with Gasteiger partial charge in [0.15, 0.2) is 11.5 Å². The van der Waals surface area contributed by atoms with Crippen molar-refractivity contribution in [3.8, 4) is 28.9 Å². The number of hydrogen-bond donors (Lipinski definition) is 0. The minimum absolute atomic E-state index is 0.207. The Labute approximate surface area is 246 Å². The molecule has 7 aromatic rings. The van der Waals surface area contributed by atoms with E-state index in [1.807, 2.05) is 84.4 Å². The Hall–Kier alpha value is -5.70. The van der Waals surface area contributed by atoms with Gasteiger partial charge in [0.1, 0.15) is 24.4 Å². The van der Waals surface area contributed by atoms with Crippen molar-refractivity contribution in [2.24, 2.45) is 0 Å². The fraction of sp³-hybridized carbons (Fsp3) is 0.118. The maximum absolute atomic E-state index is 6.52. The Bertz CT molecular complexity index is 2120. The van der Waals surface area contributed by atoms with E-state index in [4.69, 9.17) is 34.4 Å². The second-order valence-electron chi connectivity index (χ2n) is 10.4. The summed E-state index contributed by atoms with van der Waals surface area (Å²) >= 11 is 0. The standard InChI is InChI=1S/C34H26N6O3/c1-21-29-30(23-13-15-26(41-2)16-14-23)31-32-36-28(19-42-27-17-12-22-8-6-7-9-24(22)18-27)38-39(32)20-35-33(31)43-34(29)40(37-21)25-10-4-3-5-11-25/h3-18,20,30H,19H2,1-2H3. The second kappa shape index (κ2) is 9.99. The summed E-state index contributed by atoms with van der Waals surface area (Å²) in [6, 6.07) is 32.2. The fourth-order valence-corrected chi connectivity index (χ4v) is 5.76. The lowest BCUT2D eigenvalue weighted by atomic mass is 9.84. The van der Waals surface area contributed by atoms with Gasteiger partial charge in [-0.05, 0) is 59.7 Å². The predicted octanol–water partition coefficient (Wildman–Crippen LogP) is 6.65. The van der Waals surface area contributed by atoms with Crippen molar-refractivity contribution in [1.82, 2.24) is 29.4 Å². The van der Waals surface area contributed by atoms with Crippen LogP contribution in [0.15, 0.2) is 103 Å². The van der Waals surface area contributed by atoms with Crippen molar-refractivity contribution in [2.75, 3.05) is 7.11 Å². The average molecular weight is 567 g/mol.